The zero-order valence-electron chi connectivity index (χ0n) is 14.6. The average Bonchev–Trinajstić information content (AvgIpc) is 2.60. The third kappa shape index (κ3) is 3.28. The van der Waals surface area contributed by atoms with Crippen molar-refractivity contribution in [2.24, 2.45) is 0 Å². The van der Waals surface area contributed by atoms with Gasteiger partial charge in [0.15, 0.2) is 0 Å². The molecular weight excluding hydrogens is 302 g/mol. The predicted molar refractivity (Wildman–Crippen MR) is 95.3 cm³/mol. The van der Waals surface area contributed by atoms with Crippen LogP contribution in [0.2, 0.25) is 0 Å². The summed E-state index contributed by atoms with van der Waals surface area (Å²) in [6, 6.07) is 7.81. The number of nitrogen functional groups attached to an aromatic ring is 1. The number of hydrogen-bond acceptors (Lipinski definition) is 5. The Morgan fingerprint density at radius 3 is 2.21 bits per heavy atom. The van der Waals surface area contributed by atoms with E-state index in [0.717, 1.165) is 41.6 Å². The monoisotopic (exact) mass is 325 g/mol. The lowest BCUT2D eigenvalue weighted by Crippen LogP contribution is -2.07. The zero-order chi connectivity index (χ0) is 17.7. The van der Waals surface area contributed by atoms with Gasteiger partial charge in [0.25, 0.3) is 0 Å². The number of aromatic nitrogens is 1. The van der Waals surface area contributed by atoms with Crippen LogP contribution in [-0.4, -0.2) is 19.2 Å². The number of nitriles is 1. The molecular formula is C19H23N3O2. The smallest absolute Gasteiger partial charge is 0.142 e. The molecule has 0 spiro atoms. The van der Waals surface area contributed by atoms with Gasteiger partial charge in [-0.15, -0.1) is 0 Å². The predicted octanol–water partition coefficient (Wildman–Crippen LogP) is 3.73. The van der Waals surface area contributed by atoms with Crippen LogP contribution in [0.5, 0.6) is 11.5 Å². The lowest BCUT2D eigenvalue weighted by molar-refractivity contribution is 0.394. The van der Waals surface area contributed by atoms with Crippen molar-refractivity contribution in [1.82, 2.24) is 4.98 Å². The van der Waals surface area contributed by atoms with E-state index in [1.807, 2.05) is 12.1 Å². The number of nitrogens with two attached hydrogens (primary N) is 1. The highest BCUT2D eigenvalue weighted by atomic mass is 16.5. The van der Waals surface area contributed by atoms with Gasteiger partial charge in [-0.1, -0.05) is 20.3 Å². The van der Waals surface area contributed by atoms with Crippen molar-refractivity contribution in [3.8, 4) is 28.7 Å². The summed E-state index contributed by atoms with van der Waals surface area (Å²) >= 11 is 0. The lowest BCUT2D eigenvalue weighted by Gasteiger charge is -2.17. The van der Waals surface area contributed by atoms with E-state index in [-0.39, 0.29) is 5.82 Å². The molecule has 0 saturated carbocycles. The molecule has 2 N–H and O–H groups in total. The summed E-state index contributed by atoms with van der Waals surface area (Å²) in [4.78, 5) is 4.47. The van der Waals surface area contributed by atoms with E-state index in [1.165, 1.54) is 0 Å². The number of pyridine rings is 1. The van der Waals surface area contributed by atoms with Gasteiger partial charge in [0, 0.05) is 17.3 Å². The Labute approximate surface area is 143 Å². The van der Waals surface area contributed by atoms with E-state index in [2.05, 4.69) is 24.9 Å². The van der Waals surface area contributed by atoms with Gasteiger partial charge in [-0.3, -0.25) is 0 Å². The molecule has 0 unspecified atom stereocenters. The number of rotatable bonds is 6. The second kappa shape index (κ2) is 7.69. The van der Waals surface area contributed by atoms with Crippen LogP contribution in [0.3, 0.4) is 0 Å². The molecule has 2 aromatic rings. The highest BCUT2D eigenvalue weighted by Gasteiger charge is 2.19. The minimum atomic E-state index is 0.273. The van der Waals surface area contributed by atoms with Gasteiger partial charge in [-0.25, -0.2) is 4.98 Å². The summed E-state index contributed by atoms with van der Waals surface area (Å²) in [5.74, 6) is 1.61. The Morgan fingerprint density at radius 1 is 1.12 bits per heavy atom. The molecule has 1 aromatic carbocycles. The van der Waals surface area contributed by atoms with Crippen LogP contribution in [0.1, 0.15) is 37.1 Å². The molecule has 1 aromatic heterocycles. The normalized spacial score (nSPS) is 10.3. The molecule has 0 bridgehead atoms. The molecule has 0 radical (unpaired) electrons. The molecule has 0 aliphatic rings. The number of hydrogen-bond donors (Lipinski definition) is 1. The van der Waals surface area contributed by atoms with Crippen LogP contribution >= 0.6 is 0 Å². The first-order valence-electron chi connectivity index (χ1n) is 8.04. The summed E-state index contributed by atoms with van der Waals surface area (Å²) in [7, 11) is 3.21. The molecule has 0 aliphatic carbocycles. The second-order valence-electron chi connectivity index (χ2n) is 5.49. The lowest BCUT2D eigenvalue weighted by atomic mass is 9.91. The third-order valence-corrected chi connectivity index (χ3v) is 4.00. The Morgan fingerprint density at radius 2 is 1.75 bits per heavy atom. The van der Waals surface area contributed by atoms with Crippen molar-refractivity contribution in [3.63, 3.8) is 0 Å². The first kappa shape index (κ1) is 17.6. The van der Waals surface area contributed by atoms with Crippen LogP contribution in [0.15, 0.2) is 18.2 Å². The summed E-state index contributed by atoms with van der Waals surface area (Å²) in [6.07, 6.45) is 2.56. The maximum absolute atomic E-state index is 9.62. The van der Waals surface area contributed by atoms with E-state index >= 15 is 0 Å². The number of aryl methyl sites for hydroxylation is 1. The van der Waals surface area contributed by atoms with Crippen molar-refractivity contribution in [3.05, 3.63) is 35.0 Å². The average molecular weight is 325 g/mol. The van der Waals surface area contributed by atoms with E-state index in [4.69, 9.17) is 15.2 Å². The van der Waals surface area contributed by atoms with E-state index in [1.54, 1.807) is 20.3 Å². The summed E-state index contributed by atoms with van der Waals surface area (Å²) in [6.45, 7) is 4.16. The first-order valence-corrected chi connectivity index (χ1v) is 8.04. The molecule has 5 nitrogen and oxygen atoms in total. The summed E-state index contributed by atoms with van der Waals surface area (Å²) in [5, 5.41) is 9.62. The van der Waals surface area contributed by atoms with Crippen LogP contribution in [0.4, 0.5) is 5.82 Å². The van der Waals surface area contributed by atoms with Crippen molar-refractivity contribution in [2.75, 3.05) is 20.0 Å². The molecule has 1 heterocycles. The van der Waals surface area contributed by atoms with Crippen molar-refractivity contribution in [1.29, 1.82) is 5.26 Å². The maximum atomic E-state index is 9.62. The molecule has 126 valence electrons. The molecule has 24 heavy (non-hydrogen) atoms. The van der Waals surface area contributed by atoms with Gasteiger partial charge in [-0.05, 0) is 36.1 Å². The minimum absolute atomic E-state index is 0.273. The molecule has 5 heteroatoms. The fraction of sp³-hybridized carbons (Fsp3) is 0.368. The molecule has 0 aliphatic heterocycles. The third-order valence-electron chi connectivity index (χ3n) is 4.00. The van der Waals surface area contributed by atoms with E-state index < -0.39 is 0 Å². The van der Waals surface area contributed by atoms with Crippen LogP contribution in [-0.2, 0) is 12.8 Å². The Kier molecular flexibility index (Phi) is 5.64. The highest BCUT2D eigenvalue weighted by Crippen LogP contribution is 2.37. The fourth-order valence-electron chi connectivity index (χ4n) is 2.90. The molecule has 0 amide bonds. The second-order valence-corrected chi connectivity index (χ2v) is 5.49. The topological polar surface area (TPSA) is 81.2 Å². The number of anilines is 1. The quantitative estimate of drug-likeness (QED) is 0.875. The van der Waals surface area contributed by atoms with Crippen molar-refractivity contribution in [2.45, 2.75) is 33.1 Å². The van der Waals surface area contributed by atoms with Crippen LogP contribution in [0, 0.1) is 11.3 Å². The molecule has 0 saturated heterocycles. The first-order chi connectivity index (χ1) is 11.6. The molecule has 0 atom stereocenters. The van der Waals surface area contributed by atoms with Gasteiger partial charge < -0.3 is 15.2 Å². The zero-order valence-corrected chi connectivity index (χ0v) is 14.6. The number of benzene rings is 1. The molecule has 0 fully saturated rings. The van der Waals surface area contributed by atoms with Crippen molar-refractivity contribution >= 4 is 5.82 Å². The summed E-state index contributed by atoms with van der Waals surface area (Å²) < 4.78 is 10.7. The SMILES string of the molecule is CCCc1nc(N)c(C#N)c(-c2cc(OC)cc(OC)c2)c1CC. The Bertz CT molecular complexity index is 757. The number of ether oxygens (including phenoxy) is 2. The standard InChI is InChI=1S/C19H23N3O2/c1-5-7-17-15(6-2)18(16(11-20)19(21)22-17)12-8-13(23-3)10-14(9-12)24-4/h8-10H,5-7H2,1-4H3,(H2,21,22). The van der Waals surface area contributed by atoms with E-state index in [9.17, 15) is 5.26 Å². The minimum Gasteiger partial charge on any atom is -0.497 e. The number of nitrogens with zero attached hydrogens (tertiary/aromatic N) is 2. The van der Waals surface area contributed by atoms with Gasteiger partial charge in [0.2, 0.25) is 0 Å². The van der Waals surface area contributed by atoms with Gasteiger partial charge >= 0.3 is 0 Å². The largest absolute Gasteiger partial charge is 0.497 e. The number of methoxy groups -OCH3 is 2. The highest BCUT2D eigenvalue weighted by molar-refractivity contribution is 5.80. The maximum Gasteiger partial charge on any atom is 0.142 e. The molecule has 2 rings (SSSR count). The van der Waals surface area contributed by atoms with Crippen molar-refractivity contribution < 1.29 is 9.47 Å². The van der Waals surface area contributed by atoms with Crippen LogP contribution < -0.4 is 15.2 Å². The van der Waals surface area contributed by atoms with Crippen LogP contribution in [0.25, 0.3) is 11.1 Å². The fourth-order valence-corrected chi connectivity index (χ4v) is 2.90. The van der Waals surface area contributed by atoms with Gasteiger partial charge in [0.1, 0.15) is 28.9 Å². The Hall–Kier alpha value is -2.74. The van der Waals surface area contributed by atoms with Gasteiger partial charge in [0.05, 0.1) is 14.2 Å². The van der Waals surface area contributed by atoms with E-state index in [0.29, 0.717) is 17.1 Å². The summed E-state index contributed by atoms with van der Waals surface area (Å²) in [5.41, 5.74) is 10.2. The van der Waals surface area contributed by atoms with Gasteiger partial charge in [-0.2, -0.15) is 5.26 Å². The Balaban J connectivity index is 2.83.